The van der Waals surface area contributed by atoms with Crippen molar-refractivity contribution in [1.82, 2.24) is 0 Å². The third-order valence-corrected chi connectivity index (χ3v) is 2.13. The van der Waals surface area contributed by atoms with Crippen molar-refractivity contribution in [2.45, 2.75) is 0 Å². The molecule has 1 heterocycles. The van der Waals surface area contributed by atoms with Crippen LogP contribution in [-0.4, -0.2) is 5.75 Å². The Labute approximate surface area is 92.3 Å². The van der Waals surface area contributed by atoms with Crippen LogP contribution in [0, 0.1) is 11.8 Å². The summed E-state index contributed by atoms with van der Waals surface area (Å²) < 4.78 is 5.19. The van der Waals surface area contributed by atoms with E-state index in [4.69, 9.17) is 4.42 Å². The zero-order chi connectivity index (χ0) is 10.7. The lowest BCUT2D eigenvalue weighted by molar-refractivity contribution is 0.602. The Morgan fingerprint density at radius 3 is 3.00 bits per heavy atom. The van der Waals surface area contributed by atoms with Crippen LogP contribution in [0.2, 0.25) is 0 Å². The molecular weight excluding hydrogens is 208 g/mol. The van der Waals surface area contributed by atoms with Gasteiger partial charge in [-0.1, -0.05) is 11.8 Å². The highest BCUT2D eigenvalue weighted by molar-refractivity contribution is 7.80. The summed E-state index contributed by atoms with van der Waals surface area (Å²) in [6.07, 6.45) is 1.39. The van der Waals surface area contributed by atoms with E-state index in [1.165, 1.54) is 12.3 Å². The molecule has 0 amide bonds. The Morgan fingerprint density at radius 1 is 1.33 bits per heavy atom. The highest BCUT2D eigenvalue weighted by atomic mass is 32.1. The smallest absolute Gasteiger partial charge is 0.192 e. The molecule has 0 aliphatic carbocycles. The Balaban J connectivity index is 2.65. The van der Waals surface area contributed by atoms with Gasteiger partial charge in [-0.15, -0.1) is 0 Å². The van der Waals surface area contributed by atoms with E-state index in [2.05, 4.69) is 24.5 Å². The Morgan fingerprint density at radius 2 is 2.20 bits per heavy atom. The zero-order valence-electron chi connectivity index (χ0n) is 7.86. The maximum Gasteiger partial charge on any atom is 0.192 e. The van der Waals surface area contributed by atoms with Gasteiger partial charge in [0.1, 0.15) is 5.58 Å². The molecule has 0 radical (unpaired) electrons. The lowest BCUT2D eigenvalue weighted by Gasteiger charge is -1.95. The van der Waals surface area contributed by atoms with Gasteiger partial charge in [-0.2, -0.15) is 12.6 Å². The molecule has 0 aliphatic rings. The molecule has 2 nitrogen and oxygen atoms in total. The summed E-state index contributed by atoms with van der Waals surface area (Å²) in [7, 11) is 0. The third kappa shape index (κ3) is 2.05. The molecule has 1 aromatic carbocycles. The van der Waals surface area contributed by atoms with E-state index in [1.54, 1.807) is 12.1 Å². The van der Waals surface area contributed by atoms with E-state index < -0.39 is 0 Å². The van der Waals surface area contributed by atoms with Crippen molar-refractivity contribution in [3.8, 4) is 11.8 Å². The molecule has 0 bridgehead atoms. The monoisotopic (exact) mass is 216 g/mol. The first kappa shape index (κ1) is 9.88. The van der Waals surface area contributed by atoms with Gasteiger partial charge in [-0.25, -0.2) is 0 Å². The number of benzene rings is 1. The predicted molar refractivity (Wildman–Crippen MR) is 63.2 cm³/mol. The minimum Gasteiger partial charge on any atom is -0.464 e. The summed E-state index contributed by atoms with van der Waals surface area (Å²) in [5.41, 5.74) is 1.33. The Kier molecular flexibility index (Phi) is 2.79. The average molecular weight is 216 g/mol. The van der Waals surface area contributed by atoms with Crippen molar-refractivity contribution in [3.05, 3.63) is 46.3 Å². The molecule has 74 valence electrons. The predicted octanol–water partition coefficient (Wildman–Crippen LogP) is 2.07. The minimum atomic E-state index is -0.0502. The molecule has 2 rings (SSSR count). The van der Waals surface area contributed by atoms with E-state index in [9.17, 15) is 4.79 Å². The van der Waals surface area contributed by atoms with Gasteiger partial charge in [-0.3, -0.25) is 4.79 Å². The summed E-state index contributed by atoms with van der Waals surface area (Å²) in [4.78, 5) is 11.5. The summed E-state index contributed by atoms with van der Waals surface area (Å²) in [6, 6.07) is 6.71. The zero-order valence-corrected chi connectivity index (χ0v) is 8.75. The van der Waals surface area contributed by atoms with E-state index in [0.717, 1.165) is 5.56 Å². The third-order valence-electron chi connectivity index (χ3n) is 1.97. The maximum atomic E-state index is 11.5. The highest BCUT2D eigenvalue weighted by Gasteiger charge is 1.99. The first-order valence-electron chi connectivity index (χ1n) is 4.42. The second kappa shape index (κ2) is 4.24. The lowest BCUT2D eigenvalue weighted by atomic mass is 10.1. The molecule has 2 aromatic rings. The average Bonchev–Trinajstić information content (AvgIpc) is 2.27. The topological polar surface area (TPSA) is 30.2 Å². The number of hydrogen-bond acceptors (Lipinski definition) is 3. The Bertz CT molecular complexity index is 602. The SMILES string of the molecule is O=c1ccoc2ccc(C#CCS)cc12. The normalized spacial score (nSPS) is 9.67. The van der Waals surface area contributed by atoms with E-state index in [-0.39, 0.29) is 5.43 Å². The molecule has 0 fully saturated rings. The summed E-state index contributed by atoms with van der Waals surface area (Å²) >= 11 is 3.99. The largest absolute Gasteiger partial charge is 0.464 e. The van der Waals surface area contributed by atoms with Crippen molar-refractivity contribution in [3.63, 3.8) is 0 Å². The molecule has 0 aliphatic heterocycles. The van der Waals surface area contributed by atoms with E-state index >= 15 is 0 Å². The van der Waals surface area contributed by atoms with Gasteiger partial charge in [0.25, 0.3) is 0 Å². The fourth-order valence-corrected chi connectivity index (χ4v) is 1.38. The number of fused-ring (bicyclic) bond motifs is 1. The van der Waals surface area contributed by atoms with Crippen molar-refractivity contribution in [2.24, 2.45) is 0 Å². The Hall–Kier alpha value is -1.66. The van der Waals surface area contributed by atoms with Crippen molar-refractivity contribution in [1.29, 1.82) is 0 Å². The lowest BCUT2D eigenvalue weighted by Crippen LogP contribution is -1.97. The van der Waals surface area contributed by atoms with Crippen molar-refractivity contribution < 1.29 is 4.42 Å². The van der Waals surface area contributed by atoms with Gasteiger partial charge in [0, 0.05) is 11.6 Å². The van der Waals surface area contributed by atoms with E-state index in [0.29, 0.717) is 16.7 Å². The van der Waals surface area contributed by atoms with Crippen LogP contribution in [0.25, 0.3) is 11.0 Å². The molecule has 3 heteroatoms. The number of rotatable bonds is 0. The van der Waals surface area contributed by atoms with Crippen LogP contribution in [0.15, 0.2) is 39.7 Å². The fourth-order valence-electron chi connectivity index (χ4n) is 1.30. The number of thiol groups is 1. The summed E-state index contributed by atoms with van der Waals surface area (Å²) in [5.74, 6) is 6.24. The molecule has 0 unspecified atom stereocenters. The molecule has 0 spiro atoms. The van der Waals surface area contributed by atoms with Gasteiger partial charge in [0.15, 0.2) is 5.43 Å². The van der Waals surface area contributed by atoms with Crippen LogP contribution < -0.4 is 5.43 Å². The molecule has 0 N–H and O–H groups in total. The second-order valence-corrected chi connectivity index (χ2v) is 3.27. The van der Waals surface area contributed by atoms with Crippen LogP contribution >= 0.6 is 12.6 Å². The van der Waals surface area contributed by atoms with Crippen LogP contribution in [-0.2, 0) is 0 Å². The molecule has 0 saturated carbocycles. The molecular formula is C12H8O2S. The van der Waals surface area contributed by atoms with Gasteiger partial charge in [-0.05, 0) is 18.2 Å². The summed E-state index contributed by atoms with van der Waals surface area (Å²) in [5, 5.41) is 0.559. The van der Waals surface area contributed by atoms with Gasteiger partial charge < -0.3 is 4.42 Å². The molecule has 1 aromatic heterocycles. The van der Waals surface area contributed by atoms with Crippen LogP contribution in [0.4, 0.5) is 0 Å². The second-order valence-electron chi connectivity index (χ2n) is 2.96. The standard InChI is InChI=1S/C12H8O2S/c13-11-5-6-14-12-4-3-9(2-1-7-15)8-10(11)12/h3-6,8,15H,7H2. The molecule has 15 heavy (non-hydrogen) atoms. The number of hydrogen-bond donors (Lipinski definition) is 1. The van der Waals surface area contributed by atoms with Gasteiger partial charge >= 0.3 is 0 Å². The van der Waals surface area contributed by atoms with Crippen LogP contribution in [0.1, 0.15) is 5.56 Å². The quantitative estimate of drug-likeness (QED) is 0.540. The van der Waals surface area contributed by atoms with Gasteiger partial charge in [0.05, 0.1) is 17.4 Å². The van der Waals surface area contributed by atoms with Crippen molar-refractivity contribution in [2.75, 3.05) is 5.75 Å². The van der Waals surface area contributed by atoms with Crippen LogP contribution in [0.5, 0.6) is 0 Å². The summed E-state index contributed by atoms with van der Waals surface area (Å²) in [6.45, 7) is 0. The molecule has 0 atom stereocenters. The highest BCUT2D eigenvalue weighted by Crippen LogP contribution is 2.11. The van der Waals surface area contributed by atoms with E-state index in [1.807, 2.05) is 6.07 Å². The minimum absolute atomic E-state index is 0.0502. The first-order valence-corrected chi connectivity index (χ1v) is 5.06. The van der Waals surface area contributed by atoms with Crippen LogP contribution in [0.3, 0.4) is 0 Å². The van der Waals surface area contributed by atoms with Crippen molar-refractivity contribution >= 4 is 23.6 Å². The van der Waals surface area contributed by atoms with Gasteiger partial charge in [0.2, 0.25) is 0 Å². The molecule has 0 saturated heterocycles. The maximum absolute atomic E-state index is 11.5. The first-order chi connectivity index (χ1) is 7.31. The fraction of sp³-hybridized carbons (Fsp3) is 0.0833.